The summed E-state index contributed by atoms with van der Waals surface area (Å²) in [7, 11) is 0. The molecule has 0 aliphatic heterocycles. The van der Waals surface area contributed by atoms with Crippen molar-refractivity contribution >= 4 is 5.97 Å². The van der Waals surface area contributed by atoms with Crippen molar-refractivity contribution in [1.29, 1.82) is 0 Å². The topological polar surface area (TPSA) is 26.3 Å². The van der Waals surface area contributed by atoms with Gasteiger partial charge in [0.15, 0.2) is 11.6 Å². The Morgan fingerprint density at radius 1 is 0.727 bits per heavy atom. The maximum Gasteiger partial charge on any atom is 0.343 e. The summed E-state index contributed by atoms with van der Waals surface area (Å²) in [4.78, 5) is 12.0. The van der Waals surface area contributed by atoms with Gasteiger partial charge in [-0.25, -0.2) is 9.18 Å². The van der Waals surface area contributed by atoms with Crippen LogP contribution in [0.4, 0.5) is 4.39 Å². The van der Waals surface area contributed by atoms with Gasteiger partial charge in [-0.15, -0.1) is 0 Å². The highest BCUT2D eigenvalue weighted by Crippen LogP contribution is 2.21. The molecule has 0 amide bonds. The number of hydrogen-bond acceptors (Lipinski definition) is 2. The maximum absolute atomic E-state index is 13.5. The predicted octanol–water partition coefficient (Wildman–Crippen LogP) is 4.71. The van der Waals surface area contributed by atoms with E-state index in [4.69, 9.17) is 4.74 Å². The Kier molecular flexibility index (Phi) is 3.97. The van der Waals surface area contributed by atoms with Crippen molar-refractivity contribution < 1.29 is 13.9 Å². The first-order valence-corrected chi connectivity index (χ1v) is 6.86. The number of esters is 1. The van der Waals surface area contributed by atoms with Crippen molar-refractivity contribution in [2.75, 3.05) is 0 Å². The van der Waals surface area contributed by atoms with Crippen molar-refractivity contribution in [2.45, 2.75) is 0 Å². The number of benzene rings is 3. The third kappa shape index (κ3) is 3.04. The standard InChI is InChI=1S/C19H13FO2/c20-17-8-4-5-9-18(17)22-19(21)16-12-10-15(11-13-16)14-6-2-1-3-7-14/h1-13H. The fraction of sp³-hybridized carbons (Fsp3) is 0. The summed E-state index contributed by atoms with van der Waals surface area (Å²) in [5, 5.41) is 0. The molecule has 3 aromatic carbocycles. The largest absolute Gasteiger partial charge is 0.420 e. The van der Waals surface area contributed by atoms with Crippen LogP contribution in [0.3, 0.4) is 0 Å². The van der Waals surface area contributed by atoms with Crippen LogP contribution in [-0.4, -0.2) is 5.97 Å². The molecule has 0 unspecified atom stereocenters. The molecule has 0 heterocycles. The number of carbonyl (C=O) groups is 1. The zero-order valence-corrected chi connectivity index (χ0v) is 11.7. The molecule has 0 bridgehead atoms. The van der Waals surface area contributed by atoms with Crippen LogP contribution in [0.25, 0.3) is 11.1 Å². The lowest BCUT2D eigenvalue weighted by molar-refractivity contribution is 0.0728. The van der Waals surface area contributed by atoms with Gasteiger partial charge in [0.2, 0.25) is 0 Å². The van der Waals surface area contributed by atoms with Crippen LogP contribution in [-0.2, 0) is 0 Å². The van der Waals surface area contributed by atoms with Gasteiger partial charge in [0.25, 0.3) is 0 Å². The number of carbonyl (C=O) groups excluding carboxylic acids is 1. The van der Waals surface area contributed by atoms with Gasteiger partial charge in [0.1, 0.15) is 0 Å². The average Bonchev–Trinajstić information content (AvgIpc) is 2.58. The first kappa shape index (κ1) is 14.0. The third-order valence-electron chi connectivity index (χ3n) is 3.27. The number of rotatable bonds is 3. The highest BCUT2D eigenvalue weighted by atomic mass is 19.1. The number of hydrogen-bond donors (Lipinski definition) is 0. The van der Waals surface area contributed by atoms with Crippen molar-refractivity contribution in [3.63, 3.8) is 0 Å². The molecule has 22 heavy (non-hydrogen) atoms. The smallest absolute Gasteiger partial charge is 0.343 e. The Bertz CT molecular complexity index is 780. The number of ether oxygens (including phenoxy) is 1. The second kappa shape index (κ2) is 6.22. The summed E-state index contributed by atoms with van der Waals surface area (Å²) < 4.78 is 18.5. The molecular weight excluding hydrogens is 279 g/mol. The second-order valence-corrected chi connectivity index (χ2v) is 4.76. The zero-order chi connectivity index (χ0) is 15.4. The molecule has 0 fully saturated rings. The van der Waals surface area contributed by atoms with E-state index in [-0.39, 0.29) is 5.75 Å². The van der Waals surface area contributed by atoms with Gasteiger partial charge in [0, 0.05) is 0 Å². The minimum Gasteiger partial charge on any atom is -0.420 e. The molecule has 3 aromatic rings. The predicted molar refractivity (Wildman–Crippen MR) is 83.2 cm³/mol. The van der Waals surface area contributed by atoms with Crippen LogP contribution in [0.2, 0.25) is 0 Å². The Hall–Kier alpha value is -2.94. The van der Waals surface area contributed by atoms with Crippen LogP contribution in [0.1, 0.15) is 10.4 Å². The van der Waals surface area contributed by atoms with Crippen molar-refractivity contribution in [1.82, 2.24) is 0 Å². The molecule has 3 rings (SSSR count). The van der Waals surface area contributed by atoms with E-state index in [9.17, 15) is 9.18 Å². The lowest BCUT2D eigenvalue weighted by Crippen LogP contribution is -2.09. The first-order chi connectivity index (χ1) is 10.7. The lowest BCUT2D eigenvalue weighted by atomic mass is 10.0. The van der Waals surface area contributed by atoms with Gasteiger partial charge in [-0.05, 0) is 35.4 Å². The van der Waals surface area contributed by atoms with Crippen molar-refractivity contribution in [2.24, 2.45) is 0 Å². The van der Waals surface area contributed by atoms with Crippen molar-refractivity contribution in [3.8, 4) is 16.9 Å². The summed E-state index contributed by atoms with van der Waals surface area (Å²) in [5.74, 6) is -1.21. The molecule has 0 radical (unpaired) electrons. The highest BCUT2D eigenvalue weighted by molar-refractivity contribution is 5.91. The minimum atomic E-state index is -0.579. The Morgan fingerprint density at radius 3 is 2.00 bits per heavy atom. The SMILES string of the molecule is O=C(Oc1ccccc1F)c1ccc(-c2ccccc2)cc1. The molecule has 2 nitrogen and oxygen atoms in total. The monoisotopic (exact) mass is 292 g/mol. The summed E-state index contributed by atoms with van der Waals surface area (Å²) in [5.41, 5.74) is 2.45. The van der Waals surface area contributed by atoms with E-state index >= 15 is 0 Å². The van der Waals surface area contributed by atoms with Crippen LogP contribution in [0.15, 0.2) is 78.9 Å². The normalized spacial score (nSPS) is 10.2. The van der Waals surface area contributed by atoms with E-state index in [0.29, 0.717) is 5.56 Å². The number of para-hydroxylation sites is 1. The third-order valence-corrected chi connectivity index (χ3v) is 3.27. The molecule has 0 spiro atoms. The molecule has 0 aromatic heterocycles. The fourth-order valence-electron chi connectivity index (χ4n) is 2.12. The van der Waals surface area contributed by atoms with E-state index in [0.717, 1.165) is 11.1 Å². The van der Waals surface area contributed by atoms with Gasteiger partial charge in [-0.2, -0.15) is 0 Å². The fourth-order valence-corrected chi connectivity index (χ4v) is 2.12. The molecule has 0 aliphatic rings. The first-order valence-electron chi connectivity index (χ1n) is 6.86. The zero-order valence-electron chi connectivity index (χ0n) is 11.7. The summed E-state index contributed by atoms with van der Waals surface area (Å²) in [6.07, 6.45) is 0. The van der Waals surface area contributed by atoms with Gasteiger partial charge in [-0.3, -0.25) is 0 Å². The summed E-state index contributed by atoms with van der Waals surface area (Å²) >= 11 is 0. The van der Waals surface area contributed by atoms with E-state index < -0.39 is 11.8 Å². The second-order valence-electron chi connectivity index (χ2n) is 4.76. The van der Waals surface area contributed by atoms with E-state index in [1.54, 1.807) is 24.3 Å². The van der Waals surface area contributed by atoms with Crippen LogP contribution < -0.4 is 4.74 Å². The average molecular weight is 292 g/mol. The molecule has 0 saturated carbocycles. The Labute approximate surface area is 127 Å². The quantitative estimate of drug-likeness (QED) is 0.516. The van der Waals surface area contributed by atoms with Crippen molar-refractivity contribution in [3.05, 3.63) is 90.2 Å². The van der Waals surface area contributed by atoms with Gasteiger partial charge < -0.3 is 4.74 Å². The molecule has 0 N–H and O–H groups in total. The van der Waals surface area contributed by atoms with E-state index in [1.165, 1.54) is 12.1 Å². The Balaban J connectivity index is 1.78. The molecule has 108 valence electrons. The van der Waals surface area contributed by atoms with E-state index in [2.05, 4.69) is 0 Å². The molecule has 3 heteroatoms. The lowest BCUT2D eigenvalue weighted by Gasteiger charge is -2.06. The number of halogens is 1. The van der Waals surface area contributed by atoms with Gasteiger partial charge >= 0.3 is 5.97 Å². The highest BCUT2D eigenvalue weighted by Gasteiger charge is 2.11. The van der Waals surface area contributed by atoms with E-state index in [1.807, 2.05) is 42.5 Å². The summed E-state index contributed by atoms with van der Waals surface area (Å²) in [6, 6.07) is 22.7. The van der Waals surface area contributed by atoms with Gasteiger partial charge in [0.05, 0.1) is 5.56 Å². The van der Waals surface area contributed by atoms with Crippen LogP contribution >= 0.6 is 0 Å². The Morgan fingerprint density at radius 2 is 1.32 bits per heavy atom. The van der Waals surface area contributed by atoms with Crippen LogP contribution in [0.5, 0.6) is 5.75 Å². The summed E-state index contributed by atoms with van der Waals surface area (Å²) in [6.45, 7) is 0. The maximum atomic E-state index is 13.5. The molecule has 0 aliphatic carbocycles. The minimum absolute atomic E-state index is 0.0698. The van der Waals surface area contributed by atoms with Crippen LogP contribution in [0, 0.1) is 5.82 Å². The molecule has 0 atom stereocenters. The molecular formula is C19H13FO2. The van der Waals surface area contributed by atoms with Gasteiger partial charge in [-0.1, -0.05) is 54.6 Å². The molecule has 0 saturated heterocycles.